The Balaban J connectivity index is 1.86. The van der Waals surface area contributed by atoms with Crippen molar-refractivity contribution in [1.82, 2.24) is 9.80 Å². The van der Waals surface area contributed by atoms with Crippen molar-refractivity contribution in [3.05, 3.63) is 35.4 Å². The molecule has 2 rings (SSSR count). The second-order valence-corrected chi connectivity index (χ2v) is 4.93. The zero-order valence-electron chi connectivity index (χ0n) is 10.7. The number of nitrogens with two attached hydrogens (primary N) is 1. The zero-order valence-corrected chi connectivity index (χ0v) is 10.7. The van der Waals surface area contributed by atoms with Gasteiger partial charge in [-0.3, -0.25) is 4.90 Å². The highest BCUT2D eigenvalue weighted by molar-refractivity contribution is 5.22. The van der Waals surface area contributed by atoms with Gasteiger partial charge in [-0.05, 0) is 31.1 Å². The maximum Gasteiger partial charge on any atom is 0.0234 e. The minimum absolute atomic E-state index is 0.734. The predicted molar refractivity (Wildman–Crippen MR) is 72.0 cm³/mol. The molecule has 3 nitrogen and oxygen atoms in total. The summed E-state index contributed by atoms with van der Waals surface area (Å²) in [6, 6.07) is 8.89. The molecule has 0 amide bonds. The molecule has 1 fully saturated rings. The number of rotatable bonds is 4. The number of likely N-dealkylation sites (N-methyl/N-ethyl adjacent to an activating group) is 1. The van der Waals surface area contributed by atoms with Crippen LogP contribution in [0.4, 0.5) is 0 Å². The maximum atomic E-state index is 5.55. The second kappa shape index (κ2) is 6.15. The molecule has 0 unspecified atom stereocenters. The Morgan fingerprint density at radius 3 is 2.18 bits per heavy atom. The SMILES string of the molecule is CN1CCN(Cc2ccc(CCN)cc2)CC1. The lowest BCUT2D eigenvalue weighted by atomic mass is 10.1. The Labute approximate surface area is 104 Å². The minimum Gasteiger partial charge on any atom is -0.330 e. The smallest absolute Gasteiger partial charge is 0.0234 e. The number of hydrogen-bond donors (Lipinski definition) is 1. The lowest BCUT2D eigenvalue weighted by molar-refractivity contribution is 0.148. The van der Waals surface area contributed by atoms with E-state index < -0.39 is 0 Å². The van der Waals surface area contributed by atoms with Gasteiger partial charge in [0.15, 0.2) is 0 Å². The average Bonchev–Trinajstić information content (AvgIpc) is 2.35. The molecule has 0 radical (unpaired) electrons. The molecule has 3 heteroatoms. The summed E-state index contributed by atoms with van der Waals surface area (Å²) in [7, 11) is 2.19. The molecule has 0 spiro atoms. The number of hydrogen-bond acceptors (Lipinski definition) is 3. The fourth-order valence-corrected chi connectivity index (χ4v) is 2.24. The first-order chi connectivity index (χ1) is 8.28. The quantitative estimate of drug-likeness (QED) is 0.840. The zero-order chi connectivity index (χ0) is 12.1. The first kappa shape index (κ1) is 12.6. The van der Waals surface area contributed by atoms with Gasteiger partial charge in [-0.25, -0.2) is 0 Å². The van der Waals surface area contributed by atoms with Crippen LogP contribution < -0.4 is 5.73 Å². The van der Waals surface area contributed by atoms with E-state index in [2.05, 4.69) is 41.1 Å². The summed E-state index contributed by atoms with van der Waals surface area (Å²) in [6.45, 7) is 6.55. The molecule has 17 heavy (non-hydrogen) atoms. The van der Waals surface area contributed by atoms with Gasteiger partial charge in [0.05, 0.1) is 0 Å². The molecule has 1 saturated heterocycles. The third-order valence-corrected chi connectivity index (χ3v) is 3.46. The summed E-state index contributed by atoms with van der Waals surface area (Å²) in [6.07, 6.45) is 0.981. The summed E-state index contributed by atoms with van der Waals surface area (Å²) in [5, 5.41) is 0. The van der Waals surface area contributed by atoms with Gasteiger partial charge >= 0.3 is 0 Å². The van der Waals surface area contributed by atoms with E-state index in [9.17, 15) is 0 Å². The van der Waals surface area contributed by atoms with Crippen molar-refractivity contribution < 1.29 is 0 Å². The molecule has 0 aromatic heterocycles. The van der Waals surface area contributed by atoms with Crippen molar-refractivity contribution >= 4 is 0 Å². The fraction of sp³-hybridized carbons (Fsp3) is 0.571. The van der Waals surface area contributed by atoms with Crippen molar-refractivity contribution in [3.8, 4) is 0 Å². The maximum absolute atomic E-state index is 5.55. The van der Waals surface area contributed by atoms with Crippen LogP contribution in [0.25, 0.3) is 0 Å². The van der Waals surface area contributed by atoms with E-state index in [1.807, 2.05) is 0 Å². The van der Waals surface area contributed by atoms with Gasteiger partial charge in [0.1, 0.15) is 0 Å². The van der Waals surface area contributed by atoms with E-state index in [-0.39, 0.29) is 0 Å². The van der Waals surface area contributed by atoms with Crippen molar-refractivity contribution in [2.45, 2.75) is 13.0 Å². The van der Waals surface area contributed by atoms with E-state index in [0.717, 1.165) is 19.5 Å². The third-order valence-electron chi connectivity index (χ3n) is 3.46. The van der Waals surface area contributed by atoms with Crippen LogP contribution in [0.15, 0.2) is 24.3 Å². The molecular formula is C14H23N3. The normalized spacial score (nSPS) is 18.5. The van der Waals surface area contributed by atoms with Gasteiger partial charge < -0.3 is 10.6 Å². The van der Waals surface area contributed by atoms with Gasteiger partial charge in [0.2, 0.25) is 0 Å². The Kier molecular flexibility index (Phi) is 4.54. The summed E-state index contributed by atoms with van der Waals surface area (Å²) in [4.78, 5) is 4.92. The van der Waals surface area contributed by atoms with Gasteiger partial charge in [0.25, 0.3) is 0 Å². The van der Waals surface area contributed by atoms with Crippen LogP contribution in [-0.4, -0.2) is 49.6 Å². The summed E-state index contributed by atoms with van der Waals surface area (Å²) >= 11 is 0. The monoisotopic (exact) mass is 233 g/mol. The van der Waals surface area contributed by atoms with Crippen molar-refractivity contribution in [3.63, 3.8) is 0 Å². The molecule has 1 aliphatic rings. The molecule has 1 aliphatic heterocycles. The number of nitrogens with zero attached hydrogens (tertiary/aromatic N) is 2. The lowest BCUT2D eigenvalue weighted by Crippen LogP contribution is -2.43. The van der Waals surface area contributed by atoms with Crippen LogP contribution in [0.3, 0.4) is 0 Å². The molecule has 1 aromatic rings. The molecular weight excluding hydrogens is 210 g/mol. The second-order valence-electron chi connectivity index (χ2n) is 4.93. The van der Waals surface area contributed by atoms with E-state index in [0.29, 0.717) is 0 Å². The fourth-order valence-electron chi connectivity index (χ4n) is 2.24. The van der Waals surface area contributed by atoms with Crippen LogP contribution in [0, 0.1) is 0 Å². The third kappa shape index (κ3) is 3.80. The molecule has 0 saturated carbocycles. The van der Waals surface area contributed by atoms with Crippen molar-refractivity contribution in [2.24, 2.45) is 5.73 Å². The molecule has 2 N–H and O–H groups in total. The Bertz CT molecular complexity index is 326. The van der Waals surface area contributed by atoms with Crippen LogP contribution in [0.1, 0.15) is 11.1 Å². The largest absolute Gasteiger partial charge is 0.330 e. The van der Waals surface area contributed by atoms with Gasteiger partial charge in [-0.15, -0.1) is 0 Å². The molecule has 94 valence electrons. The van der Waals surface area contributed by atoms with Gasteiger partial charge in [0, 0.05) is 32.7 Å². The van der Waals surface area contributed by atoms with E-state index >= 15 is 0 Å². The molecule has 0 bridgehead atoms. The van der Waals surface area contributed by atoms with Crippen LogP contribution in [-0.2, 0) is 13.0 Å². The summed E-state index contributed by atoms with van der Waals surface area (Å²) in [5.74, 6) is 0. The summed E-state index contributed by atoms with van der Waals surface area (Å²) in [5.41, 5.74) is 8.30. The summed E-state index contributed by atoms with van der Waals surface area (Å²) < 4.78 is 0. The first-order valence-corrected chi connectivity index (χ1v) is 6.47. The highest BCUT2D eigenvalue weighted by atomic mass is 15.2. The molecule has 0 aliphatic carbocycles. The van der Waals surface area contributed by atoms with Crippen molar-refractivity contribution in [1.29, 1.82) is 0 Å². The van der Waals surface area contributed by atoms with Gasteiger partial charge in [-0.1, -0.05) is 24.3 Å². The van der Waals surface area contributed by atoms with E-state index in [1.54, 1.807) is 0 Å². The Morgan fingerprint density at radius 1 is 1.00 bits per heavy atom. The average molecular weight is 233 g/mol. The number of benzene rings is 1. The van der Waals surface area contributed by atoms with Crippen molar-refractivity contribution in [2.75, 3.05) is 39.8 Å². The van der Waals surface area contributed by atoms with Crippen LogP contribution >= 0.6 is 0 Å². The topological polar surface area (TPSA) is 32.5 Å². The lowest BCUT2D eigenvalue weighted by Gasteiger charge is -2.32. The van der Waals surface area contributed by atoms with E-state index in [1.165, 1.54) is 37.3 Å². The van der Waals surface area contributed by atoms with E-state index in [4.69, 9.17) is 5.73 Å². The van der Waals surface area contributed by atoms with Crippen LogP contribution in [0.2, 0.25) is 0 Å². The molecule has 1 heterocycles. The predicted octanol–water partition coefficient (Wildman–Crippen LogP) is 0.935. The Morgan fingerprint density at radius 2 is 1.59 bits per heavy atom. The molecule has 1 aromatic carbocycles. The highest BCUT2D eigenvalue weighted by Crippen LogP contribution is 2.09. The minimum atomic E-state index is 0.734. The highest BCUT2D eigenvalue weighted by Gasteiger charge is 2.13. The van der Waals surface area contributed by atoms with Crippen LogP contribution in [0.5, 0.6) is 0 Å². The number of piperazine rings is 1. The molecule has 0 atom stereocenters. The Hall–Kier alpha value is -0.900. The standard InChI is InChI=1S/C14H23N3/c1-16-8-10-17(11-9-16)12-14-4-2-13(3-5-14)6-7-15/h2-5H,6-12,15H2,1H3. The van der Waals surface area contributed by atoms with Gasteiger partial charge in [-0.2, -0.15) is 0 Å². The first-order valence-electron chi connectivity index (χ1n) is 6.47.